The van der Waals surface area contributed by atoms with Crippen LogP contribution in [-0.2, 0) is 0 Å². The number of imidazole rings is 2. The molecule has 0 aliphatic rings. The van der Waals surface area contributed by atoms with Crippen molar-refractivity contribution in [1.29, 1.82) is 0 Å². The number of hydrogen-bond donors (Lipinski definition) is 0. The lowest BCUT2D eigenvalue weighted by Crippen LogP contribution is -2.22. The van der Waals surface area contributed by atoms with Crippen molar-refractivity contribution in [3.63, 3.8) is 0 Å². The maximum Gasteiger partial charge on any atom is 0.338 e. The average Bonchev–Trinajstić information content (AvgIpc) is 4.02. The van der Waals surface area contributed by atoms with Gasteiger partial charge in [-0.05, 0) is 149 Å². The van der Waals surface area contributed by atoms with Gasteiger partial charge in [-0.25, -0.2) is 9.59 Å². The number of rotatable bonds is 8. The van der Waals surface area contributed by atoms with Crippen molar-refractivity contribution in [2.75, 3.05) is 0 Å². The van der Waals surface area contributed by atoms with Crippen LogP contribution in [0.2, 0.25) is 0 Å². The summed E-state index contributed by atoms with van der Waals surface area (Å²) in [4.78, 5) is 28.5. The summed E-state index contributed by atoms with van der Waals surface area (Å²) in [6.07, 6.45) is 0. The van der Waals surface area contributed by atoms with Crippen LogP contribution in [-0.4, -0.2) is 22.8 Å². The Morgan fingerprint density at radius 3 is 0.768 bits per heavy atom. The lowest BCUT2D eigenvalue weighted by molar-refractivity contribution is 0.931. The summed E-state index contributed by atoms with van der Waals surface area (Å²) in [6.45, 7) is 0. The molecule has 0 aliphatic heterocycles. The van der Waals surface area contributed by atoms with E-state index in [1.807, 2.05) is 133 Å². The van der Waals surface area contributed by atoms with Gasteiger partial charge in [0.05, 0.1) is 55.8 Å². The average molecular weight is 888 g/mol. The smallest absolute Gasteiger partial charge is 0.309 e. The molecule has 0 amide bonds. The maximum atomic E-state index is 14.2. The third-order valence-electron chi connectivity index (χ3n) is 13.4. The highest BCUT2D eigenvalue weighted by Crippen LogP contribution is 2.37. The van der Waals surface area contributed by atoms with Gasteiger partial charge in [-0.15, -0.1) is 0 Å². The zero-order valence-electron chi connectivity index (χ0n) is 37.2. The van der Waals surface area contributed by atoms with E-state index in [2.05, 4.69) is 120 Å². The molecular formula is C62H41N5O2. The van der Waals surface area contributed by atoms with Crippen molar-refractivity contribution in [1.82, 2.24) is 22.8 Å². The van der Waals surface area contributed by atoms with Gasteiger partial charge in [0.1, 0.15) is 0 Å². The van der Waals surface area contributed by atoms with Crippen LogP contribution in [0, 0.1) is 0 Å². The Balaban J connectivity index is 0.922. The quantitative estimate of drug-likeness (QED) is 0.153. The summed E-state index contributed by atoms with van der Waals surface area (Å²) in [7, 11) is 0. The van der Waals surface area contributed by atoms with Crippen LogP contribution in [0.1, 0.15) is 0 Å². The van der Waals surface area contributed by atoms with Crippen molar-refractivity contribution >= 4 is 43.9 Å². The number of aromatic nitrogens is 5. The van der Waals surface area contributed by atoms with Crippen LogP contribution >= 0.6 is 0 Å². The number of hydrogen-bond acceptors (Lipinski definition) is 2. The number of para-hydroxylation sites is 8. The highest BCUT2D eigenvalue weighted by molar-refractivity contribution is 6.09. The molecule has 0 spiro atoms. The van der Waals surface area contributed by atoms with Gasteiger partial charge in [-0.1, -0.05) is 133 Å². The van der Waals surface area contributed by atoms with Crippen LogP contribution in [0.3, 0.4) is 0 Å². The van der Waals surface area contributed by atoms with Crippen molar-refractivity contribution in [2.24, 2.45) is 0 Å². The van der Waals surface area contributed by atoms with E-state index < -0.39 is 0 Å². The molecule has 0 saturated heterocycles. The molecule has 0 saturated carbocycles. The predicted molar refractivity (Wildman–Crippen MR) is 282 cm³/mol. The van der Waals surface area contributed by atoms with Gasteiger partial charge in [-0.2, -0.15) is 0 Å². The molecule has 0 unspecified atom stereocenters. The minimum absolute atomic E-state index is 0.126. The maximum absolute atomic E-state index is 14.2. The second kappa shape index (κ2) is 16.2. The fraction of sp³-hybridized carbons (Fsp3) is 0. The van der Waals surface area contributed by atoms with Gasteiger partial charge in [0.2, 0.25) is 0 Å². The molecule has 0 atom stereocenters. The molecule has 69 heavy (non-hydrogen) atoms. The zero-order chi connectivity index (χ0) is 46.0. The molecule has 0 bridgehead atoms. The lowest BCUT2D eigenvalue weighted by atomic mass is 9.93. The fourth-order valence-corrected chi connectivity index (χ4v) is 10.2. The Hall–Kier alpha value is -9.46. The van der Waals surface area contributed by atoms with Crippen LogP contribution in [0.25, 0.3) is 106 Å². The molecule has 7 nitrogen and oxygen atoms in total. The molecule has 0 N–H and O–H groups in total. The number of fused-ring (bicyclic) bond motifs is 5. The Morgan fingerprint density at radius 1 is 0.203 bits per heavy atom. The number of nitrogens with zero attached hydrogens (tertiary/aromatic N) is 5. The Kier molecular flexibility index (Phi) is 9.33. The van der Waals surface area contributed by atoms with Gasteiger partial charge in [0, 0.05) is 16.5 Å². The molecule has 0 fully saturated rings. The van der Waals surface area contributed by atoms with Crippen LogP contribution in [0.5, 0.6) is 0 Å². The molecule has 0 radical (unpaired) electrons. The van der Waals surface area contributed by atoms with Crippen LogP contribution in [0.4, 0.5) is 0 Å². The number of benzene rings is 10. The third kappa shape index (κ3) is 6.59. The Morgan fingerprint density at radius 2 is 0.449 bits per heavy atom. The van der Waals surface area contributed by atoms with Crippen LogP contribution < -0.4 is 11.4 Å². The van der Waals surface area contributed by atoms with E-state index in [0.29, 0.717) is 0 Å². The van der Waals surface area contributed by atoms with Crippen molar-refractivity contribution in [3.8, 4) is 61.8 Å². The van der Waals surface area contributed by atoms with Crippen molar-refractivity contribution in [2.45, 2.75) is 0 Å². The minimum Gasteiger partial charge on any atom is -0.309 e. The van der Waals surface area contributed by atoms with E-state index in [9.17, 15) is 9.59 Å². The largest absolute Gasteiger partial charge is 0.338 e. The standard InChI is InChI=1S/C62H41N5O2/c68-61-64(48-15-3-1-4-16-48)57-23-11-13-25-59(57)66(61)51-35-29-43(30-36-51)46-39-45(42-27-33-50(34-28-42)63-55-21-9-7-19-53(55)54-20-8-10-22-56(54)63)40-47(41-46)44-31-37-52(38-32-44)67-60-26-14-12-24-58(60)65(62(67)69)49-17-5-2-6-18-49/h1-41H. The Bertz CT molecular complexity index is 3950. The summed E-state index contributed by atoms with van der Waals surface area (Å²) in [5, 5.41) is 2.45. The van der Waals surface area contributed by atoms with E-state index in [0.717, 1.165) is 83.9 Å². The Labute approximate surface area is 396 Å². The normalized spacial score (nSPS) is 11.6. The van der Waals surface area contributed by atoms with E-state index in [1.165, 1.54) is 21.8 Å². The fourth-order valence-electron chi connectivity index (χ4n) is 10.2. The SMILES string of the molecule is O=c1n(-c2ccccc2)c2ccccc2n1-c1ccc(-c2cc(-c3ccc(-n4c(=O)n(-c5ccccc5)c5ccccc54)cc3)cc(-c3ccc(-n4c5ccccc5c5ccccc54)cc3)c2)cc1. The summed E-state index contributed by atoms with van der Waals surface area (Å²) in [6, 6.07) is 84.6. The zero-order valence-corrected chi connectivity index (χ0v) is 37.2. The first-order valence-electron chi connectivity index (χ1n) is 23.1. The monoisotopic (exact) mass is 887 g/mol. The molecule has 10 aromatic carbocycles. The summed E-state index contributed by atoms with van der Waals surface area (Å²) < 4.78 is 9.46. The molecule has 3 aromatic heterocycles. The first kappa shape index (κ1) is 39.9. The lowest BCUT2D eigenvalue weighted by Gasteiger charge is -2.14. The van der Waals surface area contributed by atoms with Gasteiger partial charge in [-0.3, -0.25) is 18.3 Å². The van der Waals surface area contributed by atoms with Gasteiger partial charge in [0.25, 0.3) is 0 Å². The highest BCUT2D eigenvalue weighted by Gasteiger charge is 2.19. The second-order valence-corrected chi connectivity index (χ2v) is 17.4. The molecule has 3 heterocycles. The molecule has 7 heteroatoms. The molecule has 326 valence electrons. The van der Waals surface area contributed by atoms with Gasteiger partial charge >= 0.3 is 11.4 Å². The highest BCUT2D eigenvalue weighted by atomic mass is 16.2. The van der Waals surface area contributed by atoms with E-state index in [-0.39, 0.29) is 11.4 Å². The third-order valence-corrected chi connectivity index (χ3v) is 13.4. The van der Waals surface area contributed by atoms with E-state index in [1.54, 1.807) is 18.3 Å². The summed E-state index contributed by atoms with van der Waals surface area (Å²) >= 11 is 0. The summed E-state index contributed by atoms with van der Waals surface area (Å²) in [5.41, 5.74) is 16.0. The first-order chi connectivity index (χ1) is 34.1. The summed E-state index contributed by atoms with van der Waals surface area (Å²) in [5.74, 6) is 0. The minimum atomic E-state index is -0.126. The van der Waals surface area contributed by atoms with E-state index in [4.69, 9.17) is 0 Å². The molecule has 0 aliphatic carbocycles. The van der Waals surface area contributed by atoms with Gasteiger partial charge in [0.15, 0.2) is 0 Å². The van der Waals surface area contributed by atoms with Crippen molar-refractivity contribution in [3.05, 3.63) is 270 Å². The van der Waals surface area contributed by atoms with Crippen LogP contribution in [0.15, 0.2) is 258 Å². The predicted octanol–water partition coefficient (Wildman–Crippen LogP) is 14.0. The topological polar surface area (TPSA) is 58.8 Å². The van der Waals surface area contributed by atoms with Gasteiger partial charge < -0.3 is 4.57 Å². The molecule has 13 rings (SSSR count). The first-order valence-corrected chi connectivity index (χ1v) is 23.1. The molecular weight excluding hydrogens is 847 g/mol. The van der Waals surface area contributed by atoms with E-state index >= 15 is 0 Å². The second-order valence-electron chi connectivity index (χ2n) is 17.4. The molecule has 13 aromatic rings. The van der Waals surface area contributed by atoms with Crippen molar-refractivity contribution < 1.29 is 0 Å².